The van der Waals surface area contributed by atoms with Crippen molar-refractivity contribution in [3.05, 3.63) is 17.5 Å². The fraction of sp³-hybridized carbons (Fsp3) is 0.812. The highest BCUT2D eigenvalue weighted by Crippen LogP contribution is 2.36. The molecule has 0 aromatic carbocycles. The number of likely N-dealkylation sites (tertiary alicyclic amines) is 1. The lowest BCUT2D eigenvalue weighted by Crippen LogP contribution is -2.38. The number of fused-ring (bicyclic) bond motifs is 1. The van der Waals surface area contributed by atoms with Gasteiger partial charge in [0, 0.05) is 43.5 Å². The monoisotopic (exact) mass is 312 g/mol. The van der Waals surface area contributed by atoms with Crippen LogP contribution in [0.3, 0.4) is 0 Å². The molecule has 2 heterocycles. The first-order valence-corrected chi connectivity index (χ1v) is 8.07. The predicted molar refractivity (Wildman–Crippen MR) is 88.7 cm³/mol. The van der Waals surface area contributed by atoms with E-state index < -0.39 is 0 Å². The average Bonchev–Trinajstić information content (AvgIpc) is 2.95. The summed E-state index contributed by atoms with van der Waals surface area (Å²) in [6.07, 6.45) is 6.14. The maximum atomic E-state index is 6.31. The molecule has 0 amide bonds. The topological polar surface area (TPSA) is 47.1 Å². The molecule has 5 heteroatoms. The number of aryl methyl sites for hydroxylation is 1. The first kappa shape index (κ1) is 16.8. The molecule has 1 aromatic heterocycles. The summed E-state index contributed by atoms with van der Waals surface area (Å²) in [6.45, 7) is 9.93. The molecular weight excluding hydrogens is 284 g/mol. The Kier molecular flexibility index (Phi) is 5.33. The smallest absolute Gasteiger partial charge is 0.0638 e. The van der Waals surface area contributed by atoms with Crippen molar-refractivity contribution in [2.75, 3.05) is 13.1 Å². The van der Waals surface area contributed by atoms with E-state index in [9.17, 15) is 0 Å². The van der Waals surface area contributed by atoms with Gasteiger partial charge < -0.3 is 5.73 Å². The van der Waals surface area contributed by atoms with Crippen LogP contribution in [0.1, 0.15) is 50.4 Å². The van der Waals surface area contributed by atoms with Gasteiger partial charge in [-0.15, -0.1) is 12.4 Å². The van der Waals surface area contributed by atoms with Crippen molar-refractivity contribution in [3.8, 4) is 0 Å². The highest BCUT2D eigenvalue weighted by Gasteiger charge is 2.38. The van der Waals surface area contributed by atoms with Crippen molar-refractivity contribution in [2.24, 2.45) is 17.6 Å². The summed E-state index contributed by atoms with van der Waals surface area (Å²) < 4.78 is 2.08. The molecule has 2 N–H and O–H groups in total. The van der Waals surface area contributed by atoms with E-state index in [0.29, 0.717) is 12.1 Å². The van der Waals surface area contributed by atoms with Crippen LogP contribution in [0.2, 0.25) is 0 Å². The Labute approximate surface area is 134 Å². The van der Waals surface area contributed by atoms with Crippen molar-refractivity contribution < 1.29 is 0 Å². The molecule has 21 heavy (non-hydrogen) atoms. The zero-order chi connectivity index (χ0) is 14.3. The number of nitrogens with zero attached hydrogens (tertiary/aromatic N) is 3. The second kappa shape index (κ2) is 6.67. The Morgan fingerprint density at radius 1 is 1.33 bits per heavy atom. The normalized spacial score (nSPS) is 29.5. The van der Waals surface area contributed by atoms with Gasteiger partial charge in [-0.25, -0.2) is 0 Å². The number of hydrogen-bond acceptors (Lipinski definition) is 3. The van der Waals surface area contributed by atoms with Crippen molar-refractivity contribution >= 4 is 12.4 Å². The predicted octanol–water partition coefficient (Wildman–Crippen LogP) is 2.75. The zero-order valence-corrected chi connectivity index (χ0v) is 14.3. The molecule has 1 saturated carbocycles. The third kappa shape index (κ3) is 3.43. The molecule has 0 radical (unpaired) electrons. The van der Waals surface area contributed by atoms with Gasteiger partial charge in [-0.2, -0.15) is 5.10 Å². The fourth-order valence-electron chi connectivity index (χ4n) is 3.92. The largest absolute Gasteiger partial charge is 0.327 e. The van der Waals surface area contributed by atoms with Gasteiger partial charge in [0.05, 0.1) is 5.69 Å². The highest BCUT2D eigenvalue weighted by molar-refractivity contribution is 5.85. The summed E-state index contributed by atoms with van der Waals surface area (Å²) in [4.78, 5) is 2.59. The molecule has 3 atom stereocenters. The zero-order valence-electron chi connectivity index (χ0n) is 13.5. The van der Waals surface area contributed by atoms with Gasteiger partial charge in [0.15, 0.2) is 0 Å². The molecule has 2 aliphatic rings. The molecule has 4 nitrogen and oxygen atoms in total. The third-order valence-corrected chi connectivity index (χ3v) is 5.17. The summed E-state index contributed by atoms with van der Waals surface area (Å²) in [5, 5.41) is 4.62. The molecule has 1 aliphatic carbocycles. The summed E-state index contributed by atoms with van der Waals surface area (Å²) in [6, 6.07) is 0.871. The van der Waals surface area contributed by atoms with Crippen LogP contribution in [0.15, 0.2) is 6.20 Å². The first-order chi connectivity index (χ1) is 9.54. The Bertz CT molecular complexity index is 471. The number of halogens is 1. The van der Waals surface area contributed by atoms with Crippen molar-refractivity contribution in [2.45, 2.75) is 58.7 Å². The Balaban J connectivity index is 0.00000161. The van der Waals surface area contributed by atoms with Crippen LogP contribution in [0, 0.1) is 18.8 Å². The minimum atomic E-state index is 0. The molecule has 1 saturated heterocycles. The van der Waals surface area contributed by atoms with Crippen LogP contribution in [0.25, 0.3) is 0 Å². The van der Waals surface area contributed by atoms with Crippen LogP contribution in [-0.2, 0) is 6.54 Å². The lowest BCUT2D eigenvalue weighted by atomic mass is 9.78. The van der Waals surface area contributed by atoms with Gasteiger partial charge in [-0.1, -0.05) is 6.42 Å². The summed E-state index contributed by atoms with van der Waals surface area (Å²) in [5.74, 6) is 1.56. The number of aromatic nitrogens is 2. The SMILES string of the molecule is Cc1nn(C(C)C)cc1CN1CC2CCCC(N)C2C1.Cl. The maximum absolute atomic E-state index is 6.31. The first-order valence-electron chi connectivity index (χ1n) is 8.07. The van der Waals surface area contributed by atoms with E-state index in [1.165, 1.54) is 43.6 Å². The standard InChI is InChI=1S/C16H28N4.ClH/c1-11(2)20-9-14(12(3)18-20)8-19-7-13-5-4-6-16(17)15(13)10-19;/h9,11,13,15-16H,4-8,10,17H2,1-3H3;1H. The highest BCUT2D eigenvalue weighted by atomic mass is 35.5. The summed E-state index contributed by atoms with van der Waals surface area (Å²) in [5.41, 5.74) is 8.87. The Morgan fingerprint density at radius 2 is 2.10 bits per heavy atom. The summed E-state index contributed by atoms with van der Waals surface area (Å²) >= 11 is 0. The van der Waals surface area contributed by atoms with E-state index in [1.54, 1.807) is 0 Å². The van der Waals surface area contributed by atoms with Crippen LogP contribution in [0.5, 0.6) is 0 Å². The Hall–Kier alpha value is -0.580. The molecule has 1 aliphatic heterocycles. The lowest BCUT2D eigenvalue weighted by Gasteiger charge is -2.29. The van der Waals surface area contributed by atoms with Gasteiger partial charge in [-0.05, 0) is 45.4 Å². The van der Waals surface area contributed by atoms with Crippen LogP contribution in [-0.4, -0.2) is 33.8 Å². The number of hydrogen-bond donors (Lipinski definition) is 1. The molecule has 2 fully saturated rings. The van der Waals surface area contributed by atoms with Gasteiger partial charge in [0.2, 0.25) is 0 Å². The molecule has 3 unspecified atom stereocenters. The van der Waals surface area contributed by atoms with Crippen LogP contribution in [0.4, 0.5) is 0 Å². The second-order valence-corrected chi connectivity index (χ2v) is 7.03. The molecular formula is C16H29ClN4. The number of rotatable bonds is 3. The van der Waals surface area contributed by atoms with E-state index in [0.717, 1.165) is 18.4 Å². The van der Waals surface area contributed by atoms with E-state index in [-0.39, 0.29) is 12.4 Å². The van der Waals surface area contributed by atoms with Crippen molar-refractivity contribution in [3.63, 3.8) is 0 Å². The van der Waals surface area contributed by atoms with Crippen molar-refractivity contribution in [1.82, 2.24) is 14.7 Å². The van der Waals surface area contributed by atoms with E-state index in [1.807, 2.05) is 0 Å². The van der Waals surface area contributed by atoms with Gasteiger partial charge in [0.25, 0.3) is 0 Å². The molecule has 0 bridgehead atoms. The third-order valence-electron chi connectivity index (χ3n) is 5.17. The molecule has 0 spiro atoms. The molecule has 3 rings (SSSR count). The quantitative estimate of drug-likeness (QED) is 0.933. The minimum absolute atomic E-state index is 0. The lowest BCUT2D eigenvalue weighted by molar-refractivity contribution is 0.259. The van der Waals surface area contributed by atoms with Crippen LogP contribution < -0.4 is 5.73 Å². The van der Waals surface area contributed by atoms with Crippen LogP contribution >= 0.6 is 12.4 Å². The van der Waals surface area contributed by atoms with Crippen molar-refractivity contribution in [1.29, 1.82) is 0 Å². The average molecular weight is 313 g/mol. The minimum Gasteiger partial charge on any atom is -0.327 e. The van der Waals surface area contributed by atoms with E-state index in [2.05, 4.69) is 41.6 Å². The number of nitrogens with two attached hydrogens (primary N) is 1. The molecule has 120 valence electrons. The van der Waals surface area contributed by atoms with Gasteiger partial charge in [-0.3, -0.25) is 9.58 Å². The Morgan fingerprint density at radius 3 is 2.71 bits per heavy atom. The van der Waals surface area contributed by atoms with Gasteiger partial charge >= 0.3 is 0 Å². The fourth-order valence-corrected chi connectivity index (χ4v) is 3.92. The molecule has 1 aromatic rings. The van der Waals surface area contributed by atoms with Gasteiger partial charge in [0.1, 0.15) is 0 Å². The second-order valence-electron chi connectivity index (χ2n) is 7.03. The summed E-state index contributed by atoms with van der Waals surface area (Å²) in [7, 11) is 0. The maximum Gasteiger partial charge on any atom is 0.0638 e. The van der Waals surface area contributed by atoms with E-state index >= 15 is 0 Å². The van der Waals surface area contributed by atoms with E-state index in [4.69, 9.17) is 5.73 Å².